The lowest BCUT2D eigenvalue weighted by molar-refractivity contribution is 0.0399. The third-order valence-electron chi connectivity index (χ3n) is 4.85. The zero-order valence-corrected chi connectivity index (χ0v) is 16.2. The second kappa shape index (κ2) is 8.54. The fourth-order valence-electron chi connectivity index (χ4n) is 3.45. The predicted octanol–water partition coefficient (Wildman–Crippen LogP) is 2.05. The number of aryl methyl sites for hydroxylation is 2. The molecule has 2 amide bonds. The number of amides is 2. The minimum Gasteiger partial charge on any atom is -0.383 e. The largest absolute Gasteiger partial charge is 0.383 e. The van der Waals surface area contributed by atoms with Gasteiger partial charge < -0.3 is 24.3 Å². The van der Waals surface area contributed by atoms with Gasteiger partial charge in [-0.05, 0) is 36.9 Å². The zero-order valence-electron chi connectivity index (χ0n) is 16.2. The summed E-state index contributed by atoms with van der Waals surface area (Å²) in [6, 6.07) is 5.89. The van der Waals surface area contributed by atoms with Gasteiger partial charge in [-0.15, -0.1) is 0 Å². The van der Waals surface area contributed by atoms with Crippen molar-refractivity contribution in [1.29, 1.82) is 0 Å². The van der Waals surface area contributed by atoms with Gasteiger partial charge in [-0.1, -0.05) is 11.6 Å². The molecule has 146 valence electrons. The average Bonchev–Trinajstić information content (AvgIpc) is 2.66. The fraction of sp³-hybridized carbons (Fsp3) is 0.500. The van der Waals surface area contributed by atoms with Gasteiger partial charge in [0.1, 0.15) is 0 Å². The molecule has 0 atom stereocenters. The molecule has 7 nitrogen and oxygen atoms in total. The standard InChI is InChI=1S/C20H27N3O4/c1-14-10-15(2)18-16(11-14)12-17(19(24)21-18)13-23(4-7-26-3)20(25)22-5-8-27-9-6-22/h10-12H,4-9,13H2,1-3H3,(H,21,24). The van der Waals surface area contributed by atoms with Crippen molar-refractivity contribution in [2.45, 2.75) is 20.4 Å². The molecule has 1 aromatic heterocycles. The van der Waals surface area contributed by atoms with E-state index < -0.39 is 0 Å². The van der Waals surface area contributed by atoms with Crippen LogP contribution in [0.1, 0.15) is 16.7 Å². The smallest absolute Gasteiger partial charge is 0.320 e. The lowest BCUT2D eigenvalue weighted by atomic mass is 10.1. The Morgan fingerprint density at radius 2 is 2.00 bits per heavy atom. The molecular formula is C20H27N3O4. The van der Waals surface area contributed by atoms with E-state index in [9.17, 15) is 9.59 Å². The van der Waals surface area contributed by atoms with Gasteiger partial charge in [0.2, 0.25) is 0 Å². The number of aromatic amines is 1. The average molecular weight is 373 g/mol. The van der Waals surface area contributed by atoms with E-state index in [4.69, 9.17) is 9.47 Å². The third kappa shape index (κ3) is 4.48. The van der Waals surface area contributed by atoms with E-state index in [1.807, 2.05) is 32.0 Å². The highest BCUT2D eigenvalue weighted by atomic mass is 16.5. The van der Waals surface area contributed by atoms with E-state index in [1.54, 1.807) is 16.9 Å². The monoisotopic (exact) mass is 373 g/mol. The molecule has 1 saturated heterocycles. The number of pyridine rings is 1. The summed E-state index contributed by atoms with van der Waals surface area (Å²) in [7, 11) is 1.60. The molecule has 27 heavy (non-hydrogen) atoms. The maximum absolute atomic E-state index is 12.9. The highest BCUT2D eigenvalue weighted by Crippen LogP contribution is 2.19. The molecule has 0 aliphatic carbocycles. The van der Waals surface area contributed by atoms with Crippen LogP contribution in [0.4, 0.5) is 4.79 Å². The van der Waals surface area contributed by atoms with Crippen molar-refractivity contribution >= 4 is 16.9 Å². The van der Waals surface area contributed by atoms with E-state index in [2.05, 4.69) is 4.98 Å². The number of aromatic nitrogens is 1. The Morgan fingerprint density at radius 1 is 1.26 bits per heavy atom. The van der Waals surface area contributed by atoms with E-state index in [-0.39, 0.29) is 18.1 Å². The van der Waals surface area contributed by atoms with E-state index in [0.717, 1.165) is 22.0 Å². The number of rotatable bonds is 5. The van der Waals surface area contributed by atoms with Crippen molar-refractivity contribution in [2.24, 2.45) is 0 Å². The summed E-state index contributed by atoms with van der Waals surface area (Å²) >= 11 is 0. The number of carbonyl (C=O) groups excluding carboxylic acids is 1. The molecule has 0 radical (unpaired) electrons. The summed E-state index contributed by atoms with van der Waals surface area (Å²) in [4.78, 5) is 32.0. The number of urea groups is 1. The molecule has 7 heteroatoms. The number of carbonyl (C=O) groups is 1. The Bertz CT molecular complexity index is 871. The zero-order chi connectivity index (χ0) is 19.4. The SMILES string of the molecule is COCCN(Cc1cc2cc(C)cc(C)c2[nH]c1=O)C(=O)N1CCOCC1. The summed E-state index contributed by atoms with van der Waals surface area (Å²) in [5.41, 5.74) is 3.43. The normalized spacial score (nSPS) is 14.6. The number of fused-ring (bicyclic) bond motifs is 1. The molecule has 2 heterocycles. The van der Waals surface area contributed by atoms with Crippen LogP contribution in [-0.2, 0) is 16.0 Å². The molecular weight excluding hydrogens is 346 g/mol. The second-order valence-corrected chi connectivity index (χ2v) is 6.97. The summed E-state index contributed by atoms with van der Waals surface area (Å²) in [6.45, 7) is 7.32. The van der Waals surface area contributed by atoms with Crippen LogP contribution in [0, 0.1) is 13.8 Å². The number of nitrogens with zero attached hydrogens (tertiary/aromatic N) is 2. The number of ether oxygens (including phenoxy) is 2. The highest BCUT2D eigenvalue weighted by Gasteiger charge is 2.23. The molecule has 2 aromatic rings. The second-order valence-electron chi connectivity index (χ2n) is 6.97. The van der Waals surface area contributed by atoms with E-state index >= 15 is 0 Å². The Hall–Kier alpha value is -2.38. The first-order valence-corrected chi connectivity index (χ1v) is 9.23. The fourth-order valence-corrected chi connectivity index (χ4v) is 3.45. The Kier molecular flexibility index (Phi) is 6.13. The summed E-state index contributed by atoms with van der Waals surface area (Å²) in [5.74, 6) is 0. The number of H-pyrrole nitrogens is 1. The maximum atomic E-state index is 12.9. The lowest BCUT2D eigenvalue weighted by Crippen LogP contribution is -2.49. The van der Waals surface area contributed by atoms with E-state index in [1.165, 1.54) is 0 Å². The molecule has 1 aliphatic rings. The summed E-state index contributed by atoms with van der Waals surface area (Å²) in [6.07, 6.45) is 0. The minimum absolute atomic E-state index is 0.0877. The molecule has 0 saturated carbocycles. The van der Waals surface area contributed by atoms with Crippen LogP contribution in [0.3, 0.4) is 0 Å². The van der Waals surface area contributed by atoms with Crippen LogP contribution in [0.2, 0.25) is 0 Å². The Balaban J connectivity index is 1.89. The molecule has 1 aromatic carbocycles. The third-order valence-corrected chi connectivity index (χ3v) is 4.85. The molecule has 0 bridgehead atoms. The van der Waals surface area contributed by atoms with Crippen LogP contribution in [-0.4, -0.2) is 67.4 Å². The molecule has 3 rings (SSSR count). The van der Waals surface area contributed by atoms with Crippen molar-refractivity contribution in [3.63, 3.8) is 0 Å². The van der Waals surface area contributed by atoms with Crippen LogP contribution in [0.5, 0.6) is 0 Å². The lowest BCUT2D eigenvalue weighted by Gasteiger charge is -2.32. The summed E-state index contributed by atoms with van der Waals surface area (Å²) < 4.78 is 10.5. The van der Waals surface area contributed by atoms with Crippen molar-refractivity contribution in [2.75, 3.05) is 46.6 Å². The minimum atomic E-state index is -0.161. The van der Waals surface area contributed by atoms with Gasteiger partial charge >= 0.3 is 6.03 Å². The molecule has 1 N–H and O–H groups in total. The topological polar surface area (TPSA) is 74.9 Å². The highest BCUT2D eigenvalue weighted by molar-refractivity contribution is 5.83. The first-order valence-electron chi connectivity index (χ1n) is 9.23. The quantitative estimate of drug-likeness (QED) is 0.870. The van der Waals surface area contributed by atoms with Crippen LogP contribution >= 0.6 is 0 Å². The van der Waals surface area contributed by atoms with Gasteiger partial charge in [0.15, 0.2) is 0 Å². The van der Waals surface area contributed by atoms with Crippen molar-refractivity contribution in [1.82, 2.24) is 14.8 Å². The predicted molar refractivity (Wildman–Crippen MR) is 104 cm³/mol. The van der Waals surface area contributed by atoms with Crippen LogP contribution < -0.4 is 5.56 Å². The van der Waals surface area contributed by atoms with Crippen molar-refractivity contribution in [3.05, 3.63) is 45.2 Å². The van der Waals surface area contributed by atoms with Crippen LogP contribution in [0.15, 0.2) is 23.0 Å². The van der Waals surface area contributed by atoms with Crippen molar-refractivity contribution in [3.8, 4) is 0 Å². The number of hydrogen-bond donors (Lipinski definition) is 1. The molecule has 1 aliphatic heterocycles. The molecule has 1 fully saturated rings. The van der Waals surface area contributed by atoms with Gasteiger partial charge in [-0.25, -0.2) is 4.79 Å². The number of nitrogens with one attached hydrogen (secondary N) is 1. The Labute approximate surface area is 158 Å². The van der Waals surface area contributed by atoms with Gasteiger partial charge in [-0.3, -0.25) is 4.79 Å². The van der Waals surface area contributed by atoms with Crippen molar-refractivity contribution < 1.29 is 14.3 Å². The number of hydrogen-bond acceptors (Lipinski definition) is 4. The van der Waals surface area contributed by atoms with Gasteiger partial charge in [0.05, 0.1) is 31.9 Å². The summed E-state index contributed by atoms with van der Waals surface area (Å²) in [5, 5.41) is 0.979. The number of morpholine rings is 1. The molecule has 0 spiro atoms. The van der Waals surface area contributed by atoms with E-state index in [0.29, 0.717) is 45.0 Å². The van der Waals surface area contributed by atoms with Gasteiger partial charge in [-0.2, -0.15) is 0 Å². The van der Waals surface area contributed by atoms with Gasteiger partial charge in [0.25, 0.3) is 5.56 Å². The first-order chi connectivity index (χ1) is 13.0. The number of benzene rings is 1. The number of methoxy groups -OCH3 is 1. The molecule has 0 unspecified atom stereocenters. The maximum Gasteiger partial charge on any atom is 0.320 e. The Morgan fingerprint density at radius 3 is 2.70 bits per heavy atom. The van der Waals surface area contributed by atoms with Gasteiger partial charge in [0, 0.05) is 32.3 Å². The first kappa shape index (κ1) is 19.4. The van der Waals surface area contributed by atoms with Crippen LogP contribution in [0.25, 0.3) is 10.9 Å².